The average molecular weight is 491 g/mol. The van der Waals surface area contributed by atoms with Crippen LogP contribution in [0.2, 0.25) is 5.02 Å². The number of carbonyl (C=O) groups is 1. The van der Waals surface area contributed by atoms with Gasteiger partial charge in [0.05, 0.1) is 18.2 Å². The normalized spacial score (nSPS) is 17.6. The summed E-state index contributed by atoms with van der Waals surface area (Å²) in [5.74, 6) is 0.811. The zero-order valence-corrected chi connectivity index (χ0v) is 19.8. The molecular weight excluding hydrogens is 464 g/mol. The number of nitrogens with zero attached hydrogens (tertiary/aromatic N) is 1. The van der Waals surface area contributed by atoms with Gasteiger partial charge in [-0.1, -0.05) is 41.9 Å². The first-order valence-electron chi connectivity index (χ1n) is 11.0. The first-order chi connectivity index (χ1) is 15.9. The first-order valence-corrected chi connectivity index (χ1v) is 12.9. The molecule has 1 saturated heterocycles. The monoisotopic (exact) mass is 490 g/mol. The van der Waals surface area contributed by atoms with Crippen LogP contribution in [0.3, 0.4) is 0 Å². The number of amides is 1. The van der Waals surface area contributed by atoms with Crippen LogP contribution in [0, 0.1) is 5.92 Å². The summed E-state index contributed by atoms with van der Waals surface area (Å²) in [5, 5.41) is 4.63. The lowest BCUT2D eigenvalue weighted by molar-refractivity contribution is -0.126. The second-order valence-electron chi connectivity index (χ2n) is 8.10. The van der Waals surface area contributed by atoms with Crippen LogP contribution in [-0.2, 0) is 21.4 Å². The summed E-state index contributed by atoms with van der Waals surface area (Å²) < 4.78 is 38.0. The fraction of sp³-hybridized carbons (Fsp3) is 0.375. The zero-order chi connectivity index (χ0) is 23.3. The van der Waals surface area contributed by atoms with E-state index >= 15 is 0 Å². The summed E-state index contributed by atoms with van der Waals surface area (Å²) in [6.45, 7) is 2.05. The highest BCUT2D eigenvalue weighted by Gasteiger charge is 2.30. The molecule has 1 N–H and O–H groups in total. The van der Waals surface area contributed by atoms with Crippen molar-refractivity contribution in [2.45, 2.75) is 25.8 Å². The SMILES string of the molecule is O=C(NCc1cc(Cl)c2c(c1)OCCCO2)C1CCN(S(=O)(=O)C=Cc2ccccc2)CC1. The van der Waals surface area contributed by atoms with E-state index in [2.05, 4.69) is 5.32 Å². The molecule has 2 aromatic rings. The molecule has 33 heavy (non-hydrogen) atoms. The lowest BCUT2D eigenvalue weighted by Gasteiger charge is -2.29. The number of benzene rings is 2. The van der Waals surface area contributed by atoms with Gasteiger partial charge in [-0.3, -0.25) is 4.79 Å². The second-order valence-corrected chi connectivity index (χ2v) is 10.3. The van der Waals surface area contributed by atoms with Crippen molar-refractivity contribution < 1.29 is 22.7 Å². The molecular formula is C24H27ClN2O5S. The van der Waals surface area contributed by atoms with Gasteiger partial charge >= 0.3 is 0 Å². The molecule has 176 valence electrons. The molecule has 7 nitrogen and oxygen atoms in total. The van der Waals surface area contributed by atoms with Gasteiger partial charge in [-0.2, -0.15) is 4.31 Å². The maximum absolute atomic E-state index is 12.7. The largest absolute Gasteiger partial charge is 0.489 e. The van der Waals surface area contributed by atoms with Crippen molar-refractivity contribution >= 4 is 33.6 Å². The topological polar surface area (TPSA) is 84.9 Å². The number of sulfonamides is 1. The van der Waals surface area contributed by atoms with E-state index in [4.69, 9.17) is 21.1 Å². The van der Waals surface area contributed by atoms with Crippen molar-refractivity contribution in [2.75, 3.05) is 26.3 Å². The van der Waals surface area contributed by atoms with Crippen LogP contribution in [0.5, 0.6) is 11.5 Å². The highest BCUT2D eigenvalue weighted by Crippen LogP contribution is 2.38. The van der Waals surface area contributed by atoms with Gasteiger partial charge in [0, 0.05) is 37.4 Å². The molecule has 2 aromatic carbocycles. The Morgan fingerprint density at radius 3 is 2.61 bits per heavy atom. The lowest BCUT2D eigenvalue weighted by atomic mass is 9.97. The smallest absolute Gasteiger partial charge is 0.236 e. The molecule has 0 unspecified atom stereocenters. The molecule has 4 rings (SSSR count). The quantitative estimate of drug-likeness (QED) is 0.665. The molecule has 0 atom stereocenters. The van der Waals surface area contributed by atoms with Gasteiger partial charge in [0.1, 0.15) is 0 Å². The zero-order valence-electron chi connectivity index (χ0n) is 18.2. The van der Waals surface area contributed by atoms with Crippen LogP contribution in [-0.4, -0.2) is 44.9 Å². The fourth-order valence-electron chi connectivity index (χ4n) is 3.91. The van der Waals surface area contributed by atoms with Crippen LogP contribution < -0.4 is 14.8 Å². The van der Waals surface area contributed by atoms with Crippen LogP contribution in [0.1, 0.15) is 30.4 Å². The summed E-state index contributed by atoms with van der Waals surface area (Å²) in [7, 11) is -3.52. The number of nitrogens with one attached hydrogen (secondary N) is 1. The van der Waals surface area contributed by atoms with Crippen molar-refractivity contribution in [1.29, 1.82) is 0 Å². The van der Waals surface area contributed by atoms with Crippen molar-refractivity contribution in [1.82, 2.24) is 9.62 Å². The van der Waals surface area contributed by atoms with Gasteiger partial charge in [0.25, 0.3) is 0 Å². The molecule has 0 aliphatic carbocycles. The summed E-state index contributed by atoms with van der Waals surface area (Å²) in [6, 6.07) is 12.9. The van der Waals surface area contributed by atoms with Gasteiger partial charge in [0.2, 0.25) is 15.9 Å². The Hall–Kier alpha value is -2.55. The van der Waals surface area contributed by atoms with Gasteiger partial charge in [-0.15, -0.1) is 0 Å². The number of fused-ring (bicyclic) bond motifs is 1. The van der Waals surface area contributed by atoms with Crippen molar-refractivity contribution in [3.05, 3.63) is 64.0 Å². The van der Waals surface area contributed by atoms with Gasteiger partial charge in [0.15, 0.2) is 11.5 Å². The Bertz CT molecular complexity index is 1110. The van der Waals surface area contributed by atoms with E-state index in [9.17, 15) is 13.2 Å². The number of hydrogen-bond acceptors (Lipinski definition) is 5. The molecule has 0 aromatic heterocycles. The third kappa shape index (κ3) is 6.07. The summed E-state index contributed by atoms with van der Waals surface area (Å²) in [5.41, 5.74) is 1.65. The average Bonchev–Trinajstić information content (AvgIpc) is 3.08. The van der Waals surface area contributed by atoms with Crippen LogP contribution in [0.15, 0.2) is 47.9 Å². The van der Waals surface area contributed by atoms with Crippen molar-refractivity contribution in [2.24, 2.45) is 5.92 Å². The first kappa shape index (κ1) is 23.6. The molecule has 1 amide bonds. The molecule has 0 spiro atoms. The standard InChI is InChI=1S/C24H27ClN2O5S/c25-21-15-19(16-22-23(21)32-13-4-12-31-22)17-26-24(28)20-7-10-27(11-8-20)33(29,30)14-9-18-5-2-1-3-6-18/h1-3,5-6,9,14-16,20H,4,7-8,10-13,17H2,(H,26,28). The highest BCUT2D eigenvalue weighted by atomic mass is 35.5. The number of ether oxygens (including phenoxy) is 2. The Kier molecular flexibility index (Phi) is 7.57. The minimum absolute atomic E-state index is 0.0879. The Morgan fingerprint density at radius 1 is 1.12 bits per heavy atom. The highest BCUT2D eigenvalue weighted by molar-refractivity contribution is 7.92. The molecule has 2 aliphatic heterocycles. The number of carbonyl (C=O) groups excluding carboxylic acids is 1. The minimum Gasteiger partial charge on any atom is -0.489 e. The predicted molar refractivity (Wildman–Crippen MR) is 128 cm³/mol. The number of piperidine rings is 1. The second kappa shape index (κ2) is 10.6. The third-order valence-corrected chi connectivity index (χ3v) is 7.59. The maximum Gasteiger partial charge on any atom is 0.236 e. The van der Waals surface area contributed by atoms with Crippen LogP contribution >= 0.6 is 11.6 Å². The third-order valence-electron chi connectivity index (χ3n) is 5.75. The van der Waals surface area contributed by atoms with Crippen molar-refractivity contribution in [3.8, 4) is 11.5 Å². The van der Waals surface area contributed by atoms with Crippen molar-refractivity contribution in [3.63, 3.8) is 0 Å². The van der Waals surface area contributed by atoms with E-state index in [1.165, 1.54) is 9.71 Å². The number of halogens is 1. The molecule has 0 radical (unpaired) electrons. The number of hydrogen-bond donors (Lipinski definition) is 1. The van der Waals surface area contributed by atoms with E-state index in [0.29, 0.717) is 62.2 Å². The molecule has 9 heteroatoms. The predicted octanol–water partition coefficient (Wildman–Crippen LogP) is 3.83. The summed E-state index contributed by atoms with van der Waals surface area (Å²) >= 11 is 6.32. The minimum atomic E-state index is -3.52. The lowest BCUT2D eigenvalue weighted by Crippen LogP contribution is -2.42. The van der Waals surface area contributed by atoms with Gasteiger partial charge < -0.3 is 14.8 Å². The Balaban J connectivity index is 1.29. The van der Waals surface area contributed by atoms with E-state index < -0.39 is 10.0 Å². The van der Waals surface area contributed by atoms with Crippen LogP contribution in [0.25, 0.3) is 6.08 Å². The summed E-state index contributed by atoms with van der Waals surface area (Å²) in [4.78, 5) is 12.7. The molecule has 1 fully saturated rings. The fourth-order valence-corrected chi connectivity index (χ4v) is 5.42. The van der Waals surface area contributed by atoms with E-state index in [1.807, 2.05) is 36.4 Å². The Labute approximate surface area is 199 Å². The van der Waals surface area contributed by atoms with Gasteiger partial charge in [-0.05, 0) is 42.2 Å². The van der Waals surface area contributed by atoms with Crippen LogP contribution in [0.4, 0.5) is 0 Å². The van der Waals surface area contributed by atoms with E-state index in [-0.39, 0.29) is 11.8 Å². The Morgan fingerprint density at radius 2 is 1.85 bits per heavy atom. The summed E-state index contributed by atoms with van der Waals surface area (Å²) in [6.07, 6.45) is 3.33. The maximum atomic E-state index is 12.7. The van der Waals surface area contributed by atoms with E-state index in [1.54, 1.807) is 12.1 Å². The number of rotatable bonds is 6. The molecule has 0 saturated carbocycles. The molecule has 0 bridgehead atoms. The molecule has 2 aliphatic rings. The van der Waals surface area contributed by atoms with E-state index in [0.717, 1.165) is 17.5 Å². The van der Waals surface area contributed by atoms with Gasteiger partial charge in [-0.25, -0.2) is 8.42 Å². The molecule has 2 heterocycles.